The quantitative estimate of drug-likeness (QED) is 0.290. The van der Waals surface area contributed by atoms with Gasteiger partial charge in [-0.3, -0.25) is 15.2 Å². The molecule has 1 fully saturated rings. The van der Waals surface area contributed by atoms with E-state index in [1.165, 1.54) is 12.1 Å². The van der Waals surface area contributed by atoms with E-state index in [9.17, 15) is 33.6 Å². The van der Waals surface area contributed by atoms with Crippen molar-refractivity contribution in [2.75, 3.05) is 11.6 Å². The van der Waals surface area contributed by atoms with Gasteiger partial charge in [-0.15, -0.1) is 0 Å². The number of halogens is 1. The normalized spacial score (nSPS) is 28.6. The molecule has 2 aliphatic rings. The molecule has 0 saturated carbocycles. The molecule has 1 saturated heterocycles. The maximum absolute atomic E-state index is 13.0. The third kappa shape index (κ3) is 5.01. The lowest BCUT2D eigenvalue weighted by Gasteiger charge is -2.39. The number of aliphatic hydroxyl groups excluding tert-OH is 4. The molecule has 0 aliphatic carbocycles. The topological polar surface area (TPSA) is 169 Å². The molecule has 4 rings (SSSR count). The van der Waals surface area contributed by atoms with Crippen LogP contribution in [0, 0.1) is 0 Å². The number of rotatable bonds is 6. The van der Waals surface area contributed by atoms with E-state index in [1.807, 2.05) is 31.2 Å². The SMILES string of the molecule is CC1Cc2ccccc2N1NC(=O)c1ccc(Cl)c(S(=O)(=O)N[C@@H]2O[C@H](CO)[C@H](O)[C@H](O)[C@H]2O)c1. The lowest BCUT2D eigenvalue weighted by molar-refractivity contribution is -0.231. The zero-order chi connectivity index (χ0) is 25.5. The first-order chi connectivity index (χ1) is 16.5. The molecular weight excluding hydrogens is 502 g/mol. The minimum atomic E-state index is -4.47. The van der Waals surface area contributed by atoms with Crippen molar-refractivity contribution in [2.24, 2.45) is 0 Å². The maximum atomic E-state index is 13.0. The first kappa shape index (κ1) is 25.8. The number of aliphatic hydroxyl groups is 4. The van der Waals surface area contributed by atoms with Crippen LogP contribution >= 0.6 is 11.6 Å². The molecule has 0 spiro atoms. The first-order valence-electron chi connectivity index (χ1n) is 10.8. The van der Waals surface area contributed by atoms with Crippen LogP contribution in [0.5, 0.6) is 0 Å². The largest absolute Gasteiger partial charge is 0.394 e. The molecule has 13 heteroatoms. The molecule has 190 valence electrons. The molecule has 2 heterocycles. The van der Waals surface area contributed by atoms with Crippen LogP contribution < -0.4 is 15.2 Å². The number of hydrogen-bond donors (Lipinski definition) is 6. The summed E-state index contributed by atoms with van der Waals surface area (Å²) < 4.78 is 33.4. The summed E-state index contributed by atoms with van der Waals surface area (Å²) in [5.41, 5.74) is 4.73. The van der Waals surface area contributed by atoms with Crippen LogP contribution in [0.3, 0.4) is 0 Å². The summed E-state index contributed by atoms with van der Waals surface area (Å²) in [5.74, 6) is -0.561. The highest BCUT2D eigenvalue weighted by Gasteiger charge is 2.45. The summed E-state index contributed by atoms with van der Waals surface area (Å²) >= 11 is 6.11. The minimum Gasteiger partial charge on any atom is -0.394 e. The van der Waals surface area contributed by atoms with Gasteiger partial charge in [0.2, 0.25) is 10.0 Å². The number of nitrogens with one attached hydrogen (secondary N) is 2. The number of ether oxygens (including phenoxy) is 1. The van der Waals surface area contributed by atoms with Crippen molar-refractivity contribution in [1.82, 2.24) is 10.1 Å². The summed E-state index contributed by atoms with van der Waals surface area (Å²) in [5, 5.41) is 40.8. The standard InChI is InChI=1S/C22H26ClN3O8S/c1-11-8-12-4-2-3-5-15(12)26(11)24-21(31)13-6-7-14(23)17(9-13)35(32,33)25-22-20(30)19(29)18(28)16(10-27)34-22/h2-7,9,11,16,18-20,22,25,27-30H,8,10H2,1H3,(H,24,31)/t11?,16-,18+,19+,20-,22-/m1/s1. The van der Waals surface area contributed by atoms with Gasteiger partial charge in [0.15, 0.2) is 6.23 Å². The Morgan fingerprint density at radius 1 is 1.14 bits per heavy atom. The summed E-state index contributed by atoms with van der Waals surface area (Å²) in [4.78, 5) is 12.5. The Hall–Kier alpha value is -2.29. The van der Waals surface area contributed by atoms with Crippen LogP contribution in [-0.2, 0) is 21.2 Å². The molecule has 0 aromatic heterocycles. The Morgan fingerprint density at radius 2 is 1.86 bits per heavy atom. The van der Waals surface area contributed by atoms with Gasteiger partial charge in [0.05, 0.1) is 23.4 Å². The fraction of sp³-hybridized carbons (Fsp3) is 0.409. The zero-order valence-electron chi connectivity index (χ0n) is 18.6. The van der Waals surface area contributed by atoms with Crippen LogP contribution in [0.1, 0.15) is 22.8 Å². The molecule has 2 aliphatic heterocycles. The Balaban J connectivity index is 1.55. The smallest absolute Gasteiger partial charge is 0.269 e. The van der Waals surface area contributed by atoms with Crippen molar-refractivity contribution in [3.8, 4) is 0 Å². The second-order valence-electron chi connectivity index (χ2n) is 8.51. The number of hydrogen-bond acceptors (Lipinski definition) is 9. The second kappa shape index (κ2) is 9.99. The second-order valence-corrected chi connectivity index (χ2v) is 10.6. The van der Waals surface area contributed by atoms with Gasteiger partial charge < -0.3 is 25.2 Å². The predicted octanol–water partition coefficient (Wildman–Crippen LogP) is -0.486. The van der Waals surface area contributed by atoms with E-state index >= 15 is 0 Å². The van der Waals surface area contributed by atoms with Gasteiger partial charge in [-0.2, -0.15) is 4.72 Å². The van der Waals surface area contributed by atoms with Gasteiger partial charge in [-0.05, 0) is 43.2 Å². The molecule has 0 bridgehead atoms. The van der Waals surface area contributed by atoms with Crippen LogP contribution in [-0.4, -0.2) is 78.0 Å². The predicted molar refractivity (Wildman–Crippen MR) is 125 cm³/mol. The van der Waals surface area contributed by atoms with E-state index in [1.54, 1.807) is 5.01 Å². The third-order valence-corrected chi connectivity index (χ3v) is 7.98. The monoisotopic (exact) mass is 527 g/mol. The minimum absolute atomic E-state index is 0.0140. The van der Waals surface area contributed by atoms with Crippen LogP contribution in [0.2, 0.25) is 5.02 Å². The Morgan fingerprint density at radius 3 is 2.57 bits per heavy atom. The number of hydrazine groups is 1. The average molecular weight is 528 g/mol. The highest BCUT2D eigenvalue weighted by molar-refractivity contribution is 7.89. The molecule has 35 heavy (non-hydrogen) atoms. The van der Waals surface area contributed by atoms with Crippen LogP contribution in [0.4, 0.5) is 5.69 Å². The fourth-order valence-electron chi connectivity index (χ4n) is 4.18. The number of carbonyl (C=O) groups excluding carboxylic acids is 1. The Bertz CT molecular complexity index is 1210. The van der Waals surface area contributed by atoms with Crippen LogP contribution in [0.25, 0.3) is 0 Å². The van der Waals surface area contributed by atoms with E-state index in [-0.39, 0.29) is 16.6 Å². The van der Waals surface area contributed by atoms with Crippen molar-refractivity contribution in [2.45, 2.75) is 54.9 Å². The number of carbonyl (C=O) groups is 1. The molecule has 6 atom stereocenters. The van der Waals surface area contributed by atoms with Crippen molar-refractivity contribution in [3.63, 3.8) is 0 Å². The first-order valence-corrected chi connectivity index (χ1v) is 12.7. The lowest BCUT2D eigenvalue weighted by Crippen LogP contribution is -2.63. The zero-order valence-corrected chi connectivity index (χ0v) is 20.1. The maximum Gasteiger partial charge on any atom is 0.269 e. The van der Waals surface area contributed by atoms with Crippen molar-refractivity contribution < 1.29 is 38.4 Å². The number of sulfonamides is 1. The van der Waals surface area contributed by atoms with E-state index < -0.39 is 58.1 Å². The summed E-state index contributed by atoms with van der Waals surface area (Å²) in [6, 6.07) is 11.3. The molecule has 1 unspecified atom stereocenters. The molecule has 2 aromatic rings. The summed E-state index contributed by atoms with van der Waals surface area (Å²) in [7, 11) is -4.47. The van der Waals surface area contributed by atoms with E-state index in [0.29, 0.717) is 0 Å². The summed E-state index contributed by atoms with van der Waals surface area (Å²) in [6.45, 7) is 1.22. The van der Waals surface area contributed by atoms with Crippen molar-refractivity contribution >= 4 is 33.2 Å². The van der Waals surface area contributed by atoms with E-state index in [4.69, 9.17) is 16.3 Å². The number of fused-ring (bicyclic) bond motifs is 1. The number of nitrogens with zero attached hydrogens (tertiary/aromatic N) is 1. The van der Waals surface area contributed by atoms with Gasteiger partial charge in [-0.25, -0.2) is 8.42 Å². The van der Waals surface area contributed by atoms with Gasteiger partial charge in [0.1, 0.15) is 29.3 Å². The van der Waals surface area contributed by atoms with Gasteiger partial charge >= 0.3 is 0 Å². The van der Waals surface area contributed by atoms with Gasteiger partial charge in [0, 0.05) is 5.56 Å². The number of anilines is 1. The van der Waals surface area contributed by atoms with Gasteiger partial charge in [-0.1, -0.05) is 29.8 Å². The summed E-state index contributed by atoms with van der Waals surface area (Å²) in [6.07, 6.45) is -7.51. The van der Waals surface area contributed by atoms with E-state index in [2.05, 4.69) is 10.1 Å². The molecule has 11 nitrogen and oxygen atoms in total. The molecule has 0 radical (unpaired) electrons. The number of para-hydroxylation sites is 1. The Labute approximate surface area is 206 Å². The van der Waals surface area contributed by atoms with E-state index in [0.717, 1.165) is 23.7 Å². The Kier molecular flexibility index (Phi) is 7.36. The van der Waals surface area contributed by atoms with Gasteiger partial charge in [0.25, 0.3) is 5.91 Å². The lowest BCUT2D eigenvalue weighted by atomic mass is 9.99. The number of benzene rings is 2. The van der Waals surface area contributed by atoms with Crippen molar-refractivity contribution in [3.05, 3.63) is 58.6 Å². The highest BCUT2D eigenvalue weighted by Crippen LogP contribution is 2.31. The molecule has 2 aromatic carbocycles. The number of amides is 1. The molecule has 6 N–H and O–H groups in total. The third-order valence-electron chi connectivity index (χ3n) is 6.08. The molecule has 1 amide bonds. The van der Waals surface area contributed by atoms with Crippen LogP contribution in [0.15, 0.2) is 47.4 Å². The highest BCUT2D eigenvalue weighted by atomic mass is 35.5. The van der Waals surface area contributed by atoms with Crippen molar-refractivity contribution in [1.29, 1.82) is 0 Å². The molecular formula is C22H26ClN3O8S. The average Bonchev–Trinajstić information content (AvgIpc) is 3.14. The fourth-order valence-corrected chi connectivity index (χ4v) is 5.83.